The standard InChI is InChI=1S/C14H22N2O3/c1-14(6-3-9-19-14)10-15-8-5-12(17)16-7-2-4-11(16)13(15)18/h11H,2-10H2,1H3. The largest absolute Gasteiger partial charge is 0.373 e. The molecule has 106 valence electrons. The number of hydrogen-bond acceptors (Lipinski definition) is 3. The number of ether oxygens (including phenoxy) is 1. The van der Waals surface area contributed by atoms with Crippen LogP contribution in [0.2, 0.25) is 0 Å². The summed E-state index contributed by atoms with van der Waals surface area (Å²) in [6.45, 7) is 4.78. The molecular formula is C14H22N2O3. The number of hydrogen-bond donors (Lipinski definition) is 0. The molecule has 0 bridgehead atoms. The average Bonchev–Trinajstić information content (AvgIpc) is 3.00. The summed E-state index contributed by atoms with van der Waals surface area (Å²) in [4.78, 5) is 28.2. The van der Waals surface area contributed by atoms with Gasteiger partial charge in [-0.25, -0.2) is 0 Å². The SMILES string of the molecule is CC1(CN2CCC(=O)N3CCCC3C2=O)CCCO1. The van der Waals surface area contributed by atoms with Crippen LogP contribution in [-0.4, -0.2) is 59.5 Å². The van der Waals surface area contributed by atoms with Crippen LogP contribution in [-0.2, 0) is 14.3 Å². The highest BCUT2D eigenvalue weighted by Crippen LogP contribution is 2.29. The first-order valence-corrected chi connectivity index (χ1v) is 7.31. The number of carbonyl (C=O) groups excluding carboxylic acids is 2. The molecule has 0 saturated carbocycles. The first kappa shape index (κ1) is 12.9. The van der Waals surface area contributed by atoms with Crippen molar-refractivity contribution in [3.05, 3.63) is 0 Å². The number of nitrogens with zero attached hydrogens (tertiary/aromatic N) is 2. The normalized spacial score (nSPS) is 35.7. The summed E-state index contributed by atoms with van der Waals surface area (Å²) >= 11 is 0. The second-order valence-electron chi connectivity index (χ2n) is 6.16. The van der Waals surface area contributed by atoms with E-state index in [1.165, 1.54) is 0 Å². The van der Waals surface area contributed by atoms with E-state index in [1.807, 2.05) is 4.90 Å². The molecule has 2 atom stereocenters. The van der Waals surface area contributed by atoms with Gasteiger partial charge in [0.1, 0.15) is 6.04 Å². The second kappa shape index (κ2) is 4.78. The van der Waals surface area contributed by atoms with Crippen LogP contribution in [0.4, 0.5) is 0 Å². The molecule has 5 nitrogen and oxygen atoms in total. The lowest BCUT2D eigenvalue weighted by molar-refractivity contribution is -0.141. The van der Waals surface area contributed by atoms with Gasteiger partial charge in [-0.05, 0) is 32.6 Å². The van der Waals surface area contributed by atoms with Gasteiger partial charge in [0.2, 0.25) is 11.8 Å². The van der Waals surface area contributed by atoms with E-state index < -0.39 is 0 Å². The molecule has 19 heavy (non-hydrogen) atoms. The van der Waals surface area contributed by atoms with Crippen molar-refractivity contribution in [2.45, 2.75) is 50.7 Å². The van der Waals surface area contributed by atoms with Gasteiger partial charge in [0.25, 0.3) is 0 Å². The van der Waals surface area contributed by atoms with Gasteiger partial charge in [-0.3, -0.25) is 9.59 Å². The lowest BCUT2D eigenvalue weighted by atomic mass is 10.0. The lowest BCUT2D eigenvalue weighted by Crippen LogP contribution is -2.48. The lowest BCUT2D eigenvalue weighted by Gasteiger charge is -2.32. The van der Waals surface area contributed by atoms with Gasteiger partial charge in [0.05, 0.1) is 5.60 Å². The number of rotatable bonds is 2. The van der Waals surface area contributed by atoms with E-state index in [0.29, 0.717) is 19.5 Å². The Labute approximate surface area is 113 Å². The Balaban J connectivity index is 1.74. The summed E-state index contributed by atoms with van der Waals surface area (Å²) in [6.07, 6.45) is 4.28. The predicted octanol–water partition coefficient (Wildman–Crippen LogP) is 0.779. The Morgan fingerprint density at radius 3 is 2.89 bits per heavy atom. The molecule has 0 aromatic heterocycles. The van der Waals surface area contributed by atoms with Crippen molar-refractivity contribution in [3.63, 3.8) is 0 Å². The zero-order chi connectivity index (χ0) is 13.5. The van der Waals surface area contributed by atoms with Crippen LogP contribution >= 0.6 is 0 Å². The van der Waals surface area contributed by atoms with E-state index in [0.717, 1.165) is 38.8 Å². The molecule has 0 aromatic rings. The molecule has 0 aromatic carbocycles. The molecule has 3 saturated heterocycles. The van der Waals surface area contributed by atoms with Gasteiger partial charge >= 0.3 is 0 Å². The summed E-state index contributed by atoms with van der Waals surface area (Å²) in [6, 6.07) is -0.208. The fraction of sp³-hybridized carbons (Fsp3) is 0.857. The molecule has 3 fully saturated rings. The number of amides is 2. The molecule has 3 aliphatic rings. The first-order chi connectivity index (χ1) is 9.09. The van der Waals surface area contributed by atoms with Crippen molar-refractivity contribution in [3.8, 4) is 0 Å². The van der Waals surface area contributed by atoms with E-state index in [2.05, 4.69) is 6.92 Å². The minimum Gasteiger partial charge on any atom is -0.373 e. The van der Waals surface area contributed by atoms with Crippen LogP contribution in [0.3, 0.4) is 0 Å². The Hall–Kier alpha value is -1.10. The molecule has 0 aliphatic carbocycles. The summed E-state index contributed by atoms with van der Waals surface area (Å²) < 4.78 is 5.78. The maximum Gasteiger partial charge on any atom is 0.245 e. The van der Waals surface area contributed by atoms with Crippen molar-refractivity contribution in [2.24, 2.45) is 0 Å². The highest BCUT2D eigenvalue weighted by atomic mass is 16.5. The highest BCUT2D eigenvalue weighted by Gasteiger charge is 2.42. The molecule has 0 spiro atoms. The van der Waals surface area contributed by atoms with Crippen molar-refractivity contribution in [1.82, 2.24) is 9.80 Å². The molecule has 0 N–H and O–H groups in total. The summed E-state index contributed by atoms with van der Waals surface area (Å²) in [5.41, 5.74) is -0.216. The molecule has 5 heteroatoms. The Morgan fingerprint density at radius 2 is 2.16 bits per heavy atom. The van der Waals surface area contributed by atoms with Crippen molar-refractivity contribution < 1.29 is 14.3 Å². The first-order valence-electron chi connectivity index (χ1n) is 7.31. The van der Waals surface area contributed by atoms with Crippen molar-refractivity contribution in [1.29, 1.82) is 0 Å². The topological polar surface area (TPSA) is 49.9 Å². The van der Waals surface area contributed by atoms with Crippen LogP contribution in [0.1, 0.15) is 39.0 Å². The Morgan fingerprint density at radius 1 is 1.32 bits per heavy atom. The van der Waals surface area contributed by atoms with Gasteiger partial charge in [-0.1, -0.05) is 0 Å². The molecule has 3 aliphatic heterocycles. The fourth-order valence-corrected chi connectivity index (χ4v) is 3.54. The zero-order valence-electron chi connectivity index (χ0n) is 11.6. The van der Waals surface area contributed by atoms with Gasteiger partial charge in [0, 0.05) is 32.7 Å². The third-order valence-electron chi connectivity index (χ3n) is 4.59. The van der Waals surface area contributed by atoms with E-state index in [9.17, 15) is 9.59 Å². The second-order valence-corrected chi connectivity index (χ2v) is 6.16. The molecule has 0 radical (unpaired) electrons. The van der Waals surface area contributed by atoms with Gasteiger partial charge in [0.15, 0.2) is 0 Å². The molecule has 3 rings (SSSR count). The van der Waals surface area contributed by atoms with Crippen LogP contribution in [0.5, 0.6) is 0 Å². The number of carbonyl (C=O) groups is 2. The minimum absolute atomic E-state index is 0.125. The van der Waals surface area contributed by atoms with Crippen LogP contribution in [0.25, 0.3) is 0 Å². The third-order valence-corrected chi connectivity index (χ3v) is 4.59. The quantitative estimate of drug-likeness (QED) is 0.742. The Bertz CT molecular complexity index is 390. The van der Waals surface area contributed by atoms with E-state index in [1.54, 1.807) is 4.90 Å². The highest BCUT2D eigenvalue weighted by molar-refractivity contribution is 5.90. The summed E-state index contributed by atoms with van der Waals surface area (Å²) in [5.74, 6) is 0.260. The number of fused-ring (bicyclic) bond motifs is 1. The third kappa shape index (κ3) is 2.36. The van der Waals surface area contributed by atoms with Crippen LogP contribution < -0.4 is 0 Å². The van der Waals surface area contributed by atoms with Crippen molar-refractivity contribution >= 4 is 11.8 Å². The van der Waals surface area contributed by atoms with Crippen LogP contribution in [0.15, 0.2) is 0 Å². The molecule has 2 unspecified atom stereocenters. The Kier molecular flexibility index (Phi) is 3.25. The van der Waals surface area contributed by atoms with Gasteiger partial charge in [-0.15, -0.1) is 0 Å². The monoisotopic (exact) mass is 266 g/mol. The van der Waals surface area contributed by atoms with Gasteiger partial charge in [-0.2, -0.15) is 0 Å². The molecular weight excluding hydrogens is 244 g/mol. The van der Waals surface area contributed by atoms with E-state index >= 15 is 0 Å². The summed E-state index contributed by atoms with van der Waals surface area (Å²) in [7, 11) is 0. The summed E-state index contributed by atoms with van der Waals surface area (Å²) in [5, 5.41) is 0. The fourth-order valence-electron chi connectivity index (χ4n) is 3.54. The average molecular weight is 266 g/mol. The maximum absolute atomic E-state index is 12.6. The van der Waals surface area contributed by atoms with Crippen molar-refractivity contribution in [2.75, 3.05) is 26.2 Å². The minimum atomic E-state index is -0.216. The predicted molar refractivity (Wildman–Crippen MR) is 69.5 cm³/mol. The maximum atomic E-state index is 12.6. The van der Waals surface area contributed by atoms with Crippen LogP contribution in [0, 0.1) is 0 Å². The molecule has 3 heterocycles. The smallest absolute Gasteiger partial charge is 0.245 e. The van der Waals surface area contributed by atoms with E-state index in [-0.39, 0.29) is 23.5 Å². The molecule has 2 amide bonds. The van der Waals surface area contributed by atoms with E-state index in [4.69, 9.17) is 4.74 Å². The zero-order valence-corrected chi connectivity index (χ0v) is 11.6. The van der Waals surface area contributed by atoms with Gasteiger partial charge < -0.3 is 14.5 Å².